The first-order valence-electron chi connectivity index (χ1n) is 6.47. The van der Waals surface area contributed by atoms with Gasteiger partial charge in [0, 0.05) is 13.2 Å². The van der Waals surface area contributed by atoms with Crippen LogP contribution in [0.25, 0.3) is 0 Å². The quantitative estimate of drug-likeness (QED) is 0.662. The van der Waals surface area contributed by atoms with E-state index in [9.17, 15) is 10.1 Å². The molecule has 1 atom stereocenters. The molecule has 1 aliphatic rings. The van der Waals surface area contributed by atoms with Crippen LogP contribution in [0.15, 0.2) is 18.2 Å². The molecule has 0 aliphatic carbocycles. The Morgan fingerprint density at radius 1 is 1.47 bits per heavy atom. The van der Waals surface area contributed by atoms with Crippen molar-refractivity contribution in [2.75, 3.05) is 18.5 Å². The highest BCUT2D eigenvalue weighted by atomic mass is 35.5. The SMILES string of the molecule is O=[N+]([O-])c1c(Cl)cccc1NCCC1CCCCO1. The molecule has 2 rings (SSSR count). The van der Waals surface area contributed by atoms with Gasteiger partial charge in [-0.05, 0) is 37.8 Å². The fraction of sp³-hybridized carbons (Fsp3) is 0.538. The highest BCUT2D eigenvalue weighted by Crippen LogP contribution is 2.32. The molecule has 0 radical (unpaired) electrons. The molecule has 1 N–H and O–H groups in total. The molecule has 104 valence electrons. The van der Waals surface area contributed by atoms with E-state index in [1.54, 1.807) is 12.1 Å². The zero-order valence-electron chi connectivity index (χ0n) is 10.6. The summed E-state index contributed by atoms with van der Waals surface area (Å²) in [6.45, 7) is 1.47. The number of benzene rings is 1. The smallest absolute Gasteiger partial charge is 0.310 e. The number of rotatable bonds is 5. The molecule has 0 amide bonds. The summed E-state index contributed by atoms with van der Waals surface area (Å²) in [5.41, 5.74) is 0.405. The van der Waals surface area contributed by atoms with E-state index in [0.29, 0.717) is 12.2 Å². The van der Waals surface area contributed by atoms with Gasteiger partial charge < -0.3 is 10.1 Å². The highest BCUT2D eigenvalue weighted by molar-refractivity contribution is 6.33. The predicted molar refractivity (Wildman–Crippen MR) is 74.8 cm³/mol. The van der Waals surface area contributed by atoms with Gasteiger partial charge in [0.1, 0.15) is 10.7 Å². The van der Waals surface area contributed by atoms with Crippen LogP contribution >= 0.6 is 11.6 Å². The molecule has 1 aromatic rings. The molecule has 6 heteroatoms. The van der Waals surface area contributed by atoms with Crippen molar-refractivity contribution in [3.63, 3.8) is 0 Å². The largest absolute Gasteiger partial charge is 0.379 e. The van der Waals surface area contributed by atoms with Crippen molar-refractivity contribution in [2.45, 2.75) is 31.8 Å². The zero-order valence-corrected chi connectivity index (χ0v) is 11.4. The molecule has 1 fully saturated rings. The monoisotopic (exact) mass is 284 g/mol. The van der Waals surface area contributed by atoms with Gasteiger partial charge in [-0.25, -0.2) is 0 Å². The van der Waals surface area contributed by atoms with E-state index in [4.69, 9.17) is 16.3 Å². The van der Waals surface area contributed by atoms with Crippen molar-refractivity contribution in [1.29, 1.82) is 0 Å². The first-order chi connectivity index (χ1) is 9.18. The van der Waals surface area contributed by atoms with Crippen molar-refractivity contribution in [3.05, 3.63) is 33.3 Å². The zero-order chi connectivity index (χ0) is 13.7. The third-order valence-corrected chi connectivity index (χ3v) is 3.53. The first-order valence-corrected chi connectivity index (χ1v) is 6.84. The summed E-state index contributed by atoms with van der Waals surface area (Å²) in [7, 11) is 0. The van der Waals surface area contributed by atoms with E-state index in [2.05, 4.69) is 5.32 Å². The normalized spacial score (nSPS) is 19.1. The Morgan fingerprint density at radius 3 is 3.00 bits per heavy atom. The fourth-order valence-electron chi connectivity index (χ4n) is 2.25. The lowest BCUT2D eigenvalue weighted by Crippen LogP contribution is -2.22. The Morgan fingerprint density at radius 2 is 2.32 bits per heavy atom. The predicted octanol–water partition coefficient (Wildman–Crippen LogP) is 3.62. The number of ether oxygens (including phenoxy) is 1. The van der Waals surface area contributed by atoms with Gasteiger partial charge in [0.2, 0.25) is 0 Å². The summed E-state index contributed by atoms with van der Waals surface area (Å²) in [5.74, 6) is 0. The summed E-state index contributed by atoms with van der Waals surface area (Å²) < 4.78 is 5.62. The van der Waals surface area contributed by atoms with Crippen LogP contribution in [0.2, 0.25) is 5.02 Å². The summed E-state index contributed by atoms with van der Waals surface area (Å²) >= 11 is 5.85. The second-order valence-corrected chi connectivity index (χ2v) is 5.00. The topological polar surface area (TPSA) is 64.4 Å². The van der Waals surface area contributed by atoms with Crippen molar-refractivity contribution < 1.29 is 9.66 Å². The fourth-order valence-corrected chi connectivity index (χ4v) is 2.49. The minimum atomic E-state index is -0.457. The molecule has 1 aromatic carbocycles. The Kier molecular flexibility index (Phi) is 4.99. The Hall–Kier alpha value is -1.33. The number of nitrogens with one attached hydrogen (secondary N) is 1. The van der Waals surface area contributed by atoms with E-state index in [-0.39, 0.29) is 16.8 Å². The molecule has 1 heterocycles. The molecular weight excluding hydrogens is 268 g/mol. The molecule has 19 heavy (non-hydrogen) atoms. The van der Waals surface area contributed by atoms with Crippen LogP contribution in [0, 0.1) is 10.1 Å². The van der Waals surface area contributed by atoms with Gasteiger partial charge in [-0.2, -0.15) is 0 Å². The maximum Gasteiger partial charge on any atom is 0.310 e. The van der Waals surface area contributed by atoms with Crippen LogP contribution in [0.5, 0.6) is 0 Å². The molecule has 0 aromatic heterocycles. The number of hydrogen-bond donors (Lipinski definition) is 1. The van der Waals surface area contributed by atoms with E-state index in [1.165, 1.54) is 12.5 Å². The minimum Gasteiger partial charge on any atom is -0.379 e. The van der Waals surface area contributed by atoms with E-state index < -0.39 is 4.92 Å². The number of para-hydroxylation sites is 1. The molecule has 0 spiro atoms. The summed E-state index contributed by atoms with van der Waals surface area (Å²) in [6, 6.07) is 4.90. The van der Waals surface area contributed by atoms with Crippen LogP contribution in [0.3, 0.4) is 0 Å². The molecule has 5 nitrogen and oxygen atoms in total. The standard InChI is InChI=1S/C13H17ClN2O3/c14-11-5-3-6-12(13(11)16(17)18)15-8-7-10-4-1-2-9-19-10/h3,5-6,10,15H,1-2,4,7-9H2. The average molecular weight is 285 g/mol. The third-order valence-electron chi connectivity index (χ3n) is 3.23. The van der Waals surface area contributed by atoms with Crippen molar-refractivity contribution >= 4 is 23.0 Å². The average Bonchev–Trinajstić information content (AvgIpc) is 2.39. The van der Waals surface area contributed by atoms with Gasteiger partial charge in [-0.1, -0.05) is 17.7 Å². The highest BCUT2D eigenvalue weighted by Gasteiger charge is 2.19. The van der Waals surface area contributed by atoms with Gasteiger partial charge in [0.25, 0.3) is 0 Å². The van der Waals surface area contributed by atoms with Gasteiger partial charge in [0.05, 0.1) is 11.0 Å². The van der Waals surface area contributed by atoms with Crippen LogP contribution in [-0.2, 0) is 4.74 Å². The van der Waals surface area contributed by atoms with Crippen LogP contribution in [-0.4, -0.2) is 24.2 Å². The van der Waals surface area contributed by atoms with Gasteiger partial charge in [-0.3, -0.25) is 10.1 Å². The van der Waals surface area contributed by atoms with E-state index >= 15 is 0 Å². The lowest BCUT2D eigenvalue weighted by molar-refractivity contribution is -0.383. The van der Waals surface area contributed by atoms with Crippen LogP contribution in [0.4, 0.5) is 11.4 Å². The molecule has 1 aliphatic heterocycles. The molecular formula is C13H17ClN2O3. The Labute approximate surface area is 117 Å². The van der Waals surface area contributed by atoms with Crippen LogP contribution < -0.4 is 5.32 Å². The lowest BCUT2D eigenvalue weighted by atomic mass is 10.1. The van der Waals surface area contributed by atoms with Gasteiger partial charge in [0.15, 0.2) is 0 Å². The Bertz CT molecular complexity index is 448. The number of halogens is 1. The van der Waals surface area contributed by atoms with Gasteiger partial charge in [-0.15, -0.1) is 0 Å². The first kappa shape index (κ1) is 14.1. The van der Waals surface area contributed by atoms with Crippen LogP contribution in [0.1, 0.15) is 25.7 Å². The number of anilines is 1. The number of hydrogen-bond acceptors (Lipinski definition) is 4. The van der Waals surface area contributed by atoms with E-state index in [0.717, 1.165) is 25.9 Å². The summed E-state index contributed by atoms with van der Waals surface area (Å²) in [5, 5.41) is 14.2. The minimum absolute atomic E-state index is 0.0614. The van der Waals surface area contributed by atoms with E-state index in [1.807, 2.05) is 0 Å². The summed E-state index contributed by atoms with van der Waals surface area (Å²) in [4.78, 5) is 10.5. The Balaban J connectivity index is 1.92. The molecule has 0 bridgehead atoms. The second-order valence-electron chi connectivity index (χ2n) is 4.60. The second kappa shape index (κ2) is 6.73. The molecule has 1 unspecified atom stereocenters. The maximum atomic E-state index is 11.0. The lowest BCUT2D eigenvalue weighted by Gasteiger charge is -2.22. The van der Waals surface area contributed by atoms with Crippen molar-refractivity contribution in [1.82, 2.24) is 0 Å². The van der Waals surface area contributed by atoms with Gasteiger partial charge >= 0.3 is 5.69 Å². The molecule has 1 saturated heterocycles. The third kappa shape index (κ3) is 3.81. The summed E-state index contributed by atoms with van der Waals surface area (Å²) in [6.07, 6.45) is 4.51. The van der Waals surface area contributed by atoms with Crippen molar-refractivity contribution in [3.8, 4) is 0 Å². The number of nitro benzene ring substituents is 1. The van der Waals surface area contributed by atoms with Crippen molar-refractivity contribution in [2.24, 2.45) is 0 Å². The molecule has 0 saturated carbocycles. The number of nitrogens with zero attached hydrogens (tertiary/aromatic N) is 1. The maximum absolute atomic E-state index is 11.0. The number of nitro groups is 1.